The average molecular weight is 323 g/mol. The van der Waals surface area contributed by atoms with Crippen molar-refractivity contribution in [3.8, 4) is 11.5 Å². The van der Waals surface area contributed by atoms with E-state index in [-0.39, 0.29) is 0 Å². The number of nitrogens with zero attached hydrogens (tertiary/aromatic N) is 3. The van der Waals surface area contributed by atoms with Gasteiger partial charge in [0.05, 0.1) is 5.69 Å². The summed E-state index contributed by atoms with van der Waals surface area (Å²) in [7, 11) is 1.89. The fraction of sp³-hybridized carbons (Fsp3) is 0.250. The van der Waals surface area contributed by atoms with Gasteiger partial charge >= 0.3 is 0 Å². The van der Waals surface area contributed by atoms with Gasteiger partial charge in [-0.05, 0) is 28.1 Å². The van der Waals surface area contributed by atoms with Crippen molar-refractivity contribution in [2.45, 2.75) is 11.5 Å². The summed E-state index contributed by atoms with van der Waals surface area (Å²) >= 11 is 5.36. The third-order valence-corrected chi connectivity index (χ3v) is 4.40. The predicted molar refractivity (Wildman–Crippen MR) is 77.5 cm³/mol. The zero-order valence-electron chi connectivity index (χ0n) is 9.77. The molecule has 3 rings (SSSR count). The maximum Gasteiger partial charge on any atom is 0.181 e. The van der Waals surface area contributed by atoms with Crippen LogP contribution in [0.2, 0.25) is 0 Å². The Kier molecular flexibility index (Phi) is 3.22. The van der Waals surface area contributed by atoms with Crippen molar-refractivity contribution in [3.63, 3.8) is 0 Å². The van der Waals surface area contributed by atoms with Gasteiger partial charge in [0.25, 0.3) is 0 Å². The molecule has 0 amide bonds. The molecule has 18 heavy (non-hydrogen) atoms. The second-order valence-electron chi connectivity index (χ2n) is 3.90. The van der Waals surface area contributed by atoms with Crippen LogP contribution < -0.4 is 5.32 Å². The van der Waals surface area contributed by atoms with E-state index in [1.165, 1.54) is 5.56 Å². The van der Waals surface area contributed by atoms with Gasteiger partial charge in [0.2, 0.25) is 0 Å². The molecule has 0 saturated heterocycles. The number of rotatable bonds is 2. The van der Waals surface area contributed by atoms with Crippen LogP contribution in [-0.2, 0) is 11.5 Å². The summed E-state index contributed by atoms with van der Waals surface area (Å²) in [5.74, 6) is 3.52. The third-order valence-electron chi connectivity index (χ3n) is 2.79. The van der Waals surface area contributed by atoms with E-state index in [0.29, 0.717) is 5.82 Å². The second kappa shape index (κ2) is 4.85. The zero-order chi connectivity index (χ0) is 12.5. The van der Waals surface area contributed by atoms with Crippen LogP contribution in [0.25, 0.3) is 11.5 Å². The Morgan fingerprint density at radius 2 is 2.22 bits per heavy atom. The minimum Gasteiger partial charge on any atom is -0.373 e. The summed E-state index contributed by atoms with van der Waals surface area (Å²) in [4.78, 5) is 13.5. The first-order valence-electron chi connectivity index (χ1n) is 5.56. The van der Waals surface area contributed by atoms with Crippen molar-refractivity contribution >= 4 is 33.5 Å². The van der Waals surface area contributed by atoms with Crippen LogP contribution in [0.3, 0.4) is 0 Å². The maximum absolute atomic E-state index is 4.63. The normalized spacial score (nSPS) is 13.4. The number of hydrogen-bond acceptors (Lipinski definition) is 5. The molecule has 1 aliphatic rings. The smallest absolute Gasteiger partial charge is 0.181 e. The lowest BCUT2D eigenvalue weighted by molar-refractivity contribution is 1.05. The fourth-order valence-electron chi connectivity index (χ4n) is 1.91. The standard InChI is InChI=1S/C12H11BrN4S/c1-14-11-7-5-18-6-9(7)16-12(17-11)10-8(13)3-2-4-15-10/h2-4H,5-6H2,1H3,(H,14,16,17). The summed E-state index contributed by atoms with van der Waals surface area (Å²) in [5.41, 5.74) is 3.12. The van der Waals surface area contributed by atoms with Gasteiger partial charge in [-0.15, -0.1) is 0 Å². The van der Waals surface area contributed by atoms with Crippen LogP contribution in [0.4, 0.5) is 5.82 Å². The number of thioether (sulfide) groups is 1. The number of pyridine rings is 1. The number of nitrogens with one attached hydrogen (secondary N) is 1. The third kappa shape index (κ3) is 1.99. The SMILES string of the molecule is CNc1nc(-c2ncccc2Br)nc2c1CSC2. The van der Waals surface area contributed by atoms with Gasteiger partial charge in [0, 0.05) is 34.8 Å². The van der Waals surface area contributed by atoms with E-state index in [1.807, 2.05) is 30.9 Å². The average Bonchev–Trinajstić information content (AvgIpc) is 2.86. The molecule has 4 nitrogen and oxygen atoms in total. The fourth-order valence-corrected chi connectivity index (χ4v) is 3.39. The van der Waals surface area contributed by atoms with Gasteiger partial charge in [-0.1, -0.05) is 0 Å². The quantitative estimate of drug-likeness (QED) is 0.920. The van der Waals surface area contributed by atoms with E-state index in [0.717, 1.165) is 33.2 Å². The predicted octanol–water partition coefficient (Wildman–Crippen LogP) is 3.09. The van der Waals surface area contributed by atoms with Gasteiger partial charge in [-0.2, -0.15) is 11.8 Å². The maximum atomic E-state index is 4.63. The number of aromatic nitrogens is 3. The monoisotopic (exact) mass is 322 g/mol. The molecule has 1 N–H and O–H groups in total. The first-order valence-corrected chi connectivity index (χ1v) is 7.50. The zero-order valence-corrected chi connectivity index (χ0v) is 12.2. The summed E-state index contributed by atoms with van der Waals surface area (Å²) in [5, 5.41) is 3.15. The van der Waals surface area contributed by atoms with Gasteiger partial charge in [-0.25, -0.2) is 9.97 Å². The first-order chi connectivity index (χ1) is 8.79. The Morgan fingerprint density at radius 1 is 1.33 bits per heavy atom. The number of hydrogen-bond donors (Lipinski definition) is 1. The molecule has 0 saturated carbocycles. The molecule has 0 aromatic carbocycles. The summed E-state index contributed by atoms with van der Waals surface area (Å²) in [6, 6.07) is 3.84. The van der Waals surface area contributed by atoms with Gasteiger partial charge in [0.15, 0.2) is 5.82 Å². The molecule has 2 aromatic rings. The van der Waals surface area contributed by atoms with Crippen LogP contribution in [-0.4, -0.2) is 22.0 Å². The highest BCUT2D eigenvalue weighted by Gasteiger charge is 2.20. The minimum absolute atomic E-state index is 0.674. The first kappa shape index (κ1) is 11.9. The molecule has 0 bridgehead atoms. The molecule has 0 aliphatic carbocycles. The summed E-state index contributed by atoms with van der Waals surface area (Å²) < 4.78 is 0.914. The highest BCUT2D eigenvalue weighted by atomic mass is 79.9. The van der Waals surface area contributed by atoms with E-state index in [9.17, 15) is 0 Å². The lowest BCUT2D eigenvalue weighted by Crippen LogP contribution is -2.04. The molecular formula is C12H11BrN4S. The molecule has 0 spiro atoms. The molecule has 3 heterocycles. The van der Waals surface area contributed by atoms with Crippen LogP contribution in [0.15, 0.2) is 22.8 Å². The lowest BCUT2D eigenvalue weighted by Gasteiger charge is -2.09. The molecule has 0 unspecified atom stereocenters. The summed E-state index contributed by atoms with van der Waals surface area (Å²) in [6.07, 6.45) is 1.75. The van der Waals surface area contributed by atoms with E-state index in [4.69, 9.17) is 0 Å². The Labute approximate surface area is 118 Å². The van der Waals surface area contributed by atoms with Crippen LogP contribution in [0.1, 0.15) is 11.3 Å². The van der Waals surface area contributed by atoms with Gasteiger partial charge in [-0.3, -0.25) is 4.98 Å². The molecule has 1 aliphatic heterocycles. The molecule has 6 heteroatoms. The highest BCUT2D eigenvalue weighted by molar-refractivity contribution is 9.10. The number of fused-ring (bicyclic) bond motifs is 1. The van der Waals surface area contributed by atoms with Crippen LogP contribution >= 0.6 is 27.7 Å². The Morgan fingerprint density at radius 3 is 3.00 bits per heavy atom. The highest BCUT2D eigenvalue weighted by Crippen LogP contribution is 2.34. The van der Waals surface area contributed by atoms with Crippen molar-refractivity contribution in [1.82, 2.24) is 15.0 Å². The number of anilines is 1. The largest absolute Gasteiger partial charge is 0.373 e. The van der Waals surface area contributed by atoms with Crippen molar-refractivity contribution in [1.29, 1.82) is 0 Å². The van der Waals surface area contributed by atoms with E-state index >= 15 is 0 Å². The van der Waals surface area contributed by atoms with Crippen molar-refractivity contribution < 1.29 is 0 Å². The molecular weight excluding hydrogens is 312 g/mol. The van der Waals surface area contributed by atoms with Crippen LogP contribution in [0, 0.1) is 0 Å². The topological polar surface area (TPSA) is 50.7 Å². The number of halogens is 1. The van der Waals surface area contributed by atoms with Gasteiger partial charge in [0.1, 0.15) is 11.5 Å². The van der Waals surface area contributed by atoms with Crippen LogP contribution in [0.5, 0.6) is 0 Å². The van der Waals surface area contributed by atoms with E-state index < -0.39 is 0 Å². The Hall–Kier alpha value is -1.14. The molecule has 0 atom stereocenters. The summed E-state index contributed by atoms with van der Waals surface area (Å²) in [6.45, 7) is 0. The minimum atomic E-state index is 0.674. The lowest BCUT2D eigenvalue weighted by atomic mass is 10.2. The van der Waals surface area contributed by atoms with E-state index in [1.54, 1.807) is 6.20 Å². The molecule has 92 valence electrons. The van der Waals surface area contributed by atoms with Crippen molar-refractivity contribution in [3.05, 3.63) is 34.1 Å². The Bertz CT molecular complexity index is 603. The van der Waals surface area contributed by atoms with Gasteiger partial charge < -0.3 is 5.32 Å². The van der Waals surface area contributed by atoms with Crippen molar-refractivity contribution in [2.24, 2.45) is 0 Å². The Balaban J connectivity index is 2.17. The molecule has 2 aromatic heterocycles. The second-order valence-corrected chi connectivity index (χ2v) is 5.74. The van der Waals surface area contributed by atoms with Crippen molar-refractivity contribution in [2.75, 3.05) is 12.4 Å². The molecule has 0 radical (unpaired) electrons. The van der Waals surface area contributed by atoms with E-state index in [2.05, 4.69) is 36.2 Å². The molecule has 0 fully saturated rings.